The van der Waals surface area contributed by atoms with Gasteiger partial charge in [-0.3, -0.25) is 10.2 Å². The Morgan fingerprint density at radius 1 is 1.13 bits per heavy atom. The molecule has 1 rings (SSSR count). The van der Waals surface area contributed by atoms with Crippen molar-refractivity contribution in [2.75, 3.05) is 13.7 Å². The summed E-state index contributed by atoms with van der Waals surface area (Å²) in [5.41, 5.74) is 5.29. The summed E-state index contributed by atoms with van der Waals surface area (Å²) in [5.74, 6) is -0.527. The SMILES string of the molecule is COC(=O)NC(C(=O)NNC[C@H](O)[C@H](Cc1ccc(I)cc1)NC(=O)O)C(C)(C)C. The van der Waals surface area contributed by atoms with Gasteiger partial charge in [0, 0.05) is 10.1 Å². The molecule has 0 aliphatic rings. The number of carbonyl (C=O) groups excluding carboxylic acids is 2. The zero-order valence-corrected chi connectivity index (χ0v) is 19.5. The van der Waals surface area contributed by atoms with Crippen LogP contribution in [0.15, 0.2) is 24.3 Å². The second-order valence-corrected chi connectivity index (χ2v) is 9.00. The summed E-state index contributed by atoms with van der Waals surface area (Å²) in [7, 11) is 1.20. The van der Waals surface area contributed by atoms with Crippen LogP contribution in [-0.2, 0) is 16.0 Å². The van der Waals surface area contributed by atoms with Gasteiger partial charge in [-0.05, 0) is 52.1 Å². The summed E-state index contributed by atoms with van der Waals surface area (Å²) in [6, 6.07) is 5.80. The Labute approximate surface area is 189 Å². The van der Waals surface area contributed by atoms with Gasteiger partial charge in [-0.2, -0.15) is 0 Å². The molecule has 0 aromatic heterocycles. The van der Waals surface area contributed by atoms with Gasteiger partial charge in [-0.1, -0.05) is 32.9 Å². The number of alkyl carbamates (subject to hydrolysis) is 1. The van der Waals surface area contributed by atoms with Crippen molar-refractivity contribution in [1.29, 1.82) is 0 Å². The van der Waals surface area contributed by atoms with E-state index in [1.807, 2.05) is 24.3 Å². The lowest BCUT2D eigenvalue weighted by molar-refractivity contribution is -0.126. The Morgan fingerprint density at radius 2 is 1.73 bits per heavy atom. The van der Waals surface area contributed by atoms with Crippen LogP contribution in [0.3, 0.4) is 0 Å². The molecular formula is C19H29IN4O6. The molecule has 0 bridgehead atoms. The van der Waals surface area contributed by atoms with E-state index in [-0.39, 0.29) is 13.0 Å². The standard InChI is InChI=1S/C19H29IN4O6/c1-19(2,3)15(23-18(29)30-4)16(26)24-21-10-14(25)13(22-17(27)28)9-11-5-7-12(20)8-6-11/h5-8,13-15,21-22,25H,9-10H2,1-4H3,(H,23,29)(H,24,26)(H,27,28)/t13-,14-,15?/m0/s1. The normalized spacial score (nSPS) is 14.2. The molecule has 1 aromatic rings. The van der Waals surface area contributed by atoms with Crippen LogP contribution in [0.4, 0.5) is 9.59 Å². The molecular weight excluding hydrogens is 507 g/mol. The summed E-state index contributed by atoms with van der Waals surface area (Å²) < 4.78 is 5.59. The minimum Gasteiger partial charge on any atom is -0.465 e. The number of aliphatic hydroxyl groups excluding tert-OH is 1. The van der Waals surface area contributed by atoms with Gasteiger partial charge in [0.2, 0.25) is 0 Å². The number of hydrogen-bond acceptors (Lipinski definition) is 6. The molecule has 0 fully saturated rings. The number of ether oxygens (including phenoxy) is 1. The molecule has 0 aliphatic carbocycles. The minimum atomic E-state index is -1.26. The Hall–Kier alpha value is -2.12. The third-order valence-electron chi connectivity index (χ3n) is 4.24. The van der Waals surface area contributed by atoms with Gasteiger partial charge in [-0.25, -0.2) is 15.0 Å². The Morgan fingerprint density at radius 3 is 2.23 bits per heavy atom. The molecule has 10 nitrogen and oxygen atoms in total. The topological polar surface area (TPSA) is 149 Å². The van der Waals surface area contributed by atoms with Crippen molar-refractivity contribution in [1.82, 2.24) is 21.5 Å². The molecule has 3 atom stereocenters. The molecule has 0 spiro atoms. The number of benzene rings is 1. The van der Waals surface area contributed by atoms with Gasteiger partial charge in [-0.15, -0.1) is 0 Å². The Balaban J connectivity index is 2.69. The number of methoxy groups -OCH3 is 1. The van der Waals surface area contributed by atoms with Gasteiger partial charge in [0.15, 0.2) is 0 Å². The molecule has 30 heavy (non-hydrogen) atoms. The molecule has 0 heterocycles. The van der Waals surface area contributed by atoms with Crippen molar-refractivity contribution >= 4 is 40.7 Å². The molecule has 1 aromatic carbocycles. The number of nitrogens with one attached hydrogen (secondary N) is 4. The van der Waals surface area contributed by atoms with Crippen molar-refractivity contribution in [3.8, 4) is 0 Å². The fourth-order valence-electron chi connectivity index (χ4n) is 2.63. The van der Waals surface area contributed by atoms with Crippen molar-refractivity contribution in [3.63, 3.8) is 0 Å². The van der Waals surface area contributed by atoms with Crippen molar-refractivity contribution < 1.29 is 29.3 Å². The first-order chi connectivity index (χ1) is 13.9. The monoisotopic (exact) mass is 536 g/mol. The van der Waals surface area contributed by atoms with Crippen LogP contribution in [0.2, 0.25) is 0 Å². The lowest BCUT2D eigenvalue weighted by atomic mass is 9.86. The van der Waals surface area contributed by atoms with Gasteiger partial charge < -0.3 is 25.6 Å². The predicted molar refractivity (Wildman–Crippen MR) is 119 cm³/mol. The number of hydrogen-bond donors (Lipinski definition) is 6. The smallest absolute Gasteiger partial charge is 0.407 e. The summed E-state index contributed by atoms with van der Waals surface area (Å²) in [6.07, 6.45) is -2.85. The van der Waals surface area contributed by atoms with Crippen LogP contribution in [0.1, 0.15) is 26.3 Å². The van der Waals surface area contributed by atoms with E-state index in [4.69, 9.17) is 5.11 Å². The van der Waals surface area contributed by atoms with E-state index in [0.717, 1.165) is 9.13 Å². The van der Waals surface area contributed by atoms with E-state index in [2.05, 4.69) is 48.8 Å². The first kappa shape index (κ1) is 25.9. The first-order valence-electron chi connectivity index (χ1n) is 9.23. The van der Waals surface area contributed by atoms with Crippen LogP contribution >= 0.6 is 22.6 Å². The number of amides is 3. The maximum absolute atomic E-state index is 12.5. The van der Waals surface area contributed by atoms with Crippen molar-refractivity contribution in [2.45, 2.75) is 45.4 Å². The molecule has 0 radical (unpaired) electrons. The summed E-state index contributed by atoms with van der Waals surface area (Å²) in [5, 5.41) is 24.3. The highest BCUT2D eigenvalue weighted by atomic mass is 127. The Kier molecular flexibility index (Phi) is 10.3. The van der Waals surface area contributed by atoms with Crippen LogP contribution in [0, 0.1) is 8.99 Å². The van der Waals surface area contributed by atoms with E-state index in [1.54, 1.807) is 20.8 Å². The third-order valence-corrected chi connectivity index (χ3v) is 4.96. The zero-order chi connectivity index (χ0) is 22.9. The second kappa shape index (κ2) is 11.9. The van der Waals surface area contributed by atoms with Gasteiger partial charge in [0.25, 0.3) is 5.91 Å². The molecule has 0 saturated heterocycles. The highest BCUT2D eigenvalue weighted by molar-refractivity contribution is 14.1. The largest absolute Gasteiger partial charge is 0.465 e. The molecule has 168 valence electrons. The number of hydrazine groups is 1. The average Bonchev–Trinajstić information content (AvgIpc) is 2.65. The maximum Gasteiger partial charge on any atom is 0.407 e. The van der Waals surface area contributed by atoms with Crippen molar-refractivity contribution in [3.05, 3.63) is 33.4 Å². The lowest BCUT2D eigenvalue weighted by Crippen LogP contribution is -2.58. The molecule has 3 amide bonds. The van der Waals surface area contributed by atoms with E-state index in [1.165, 1.54) is 7.11 Å². The average molecular weight is 536 g/mol. The second-order valence-electron chi connectivity index (χ2n) is 7.76. The van der Waals surface area contributed by atoms with E-state index in [9.17, 15) is 19.5 Å². The van der Waals surface area contributed by atoms with E-state index >= 15 is 0 Å². The van der Waals surface area contributed by atoms with E-state index < -0.39 is 41.7 Å². The number of rotatable bonds is 9. The first-order valence-corrected chi connectivity index (χ1v) is 10.3. The van der Waals surface area contributed by atoms with Gasteiger partial charge >= 0.3 is 12.2 Å². The number of carbonyl (C=O) groups is 3. The highest BCUT2D eigenvalue weighted by Gasteiger charge is 2.33. The predicted octanol–water partition coefficient (Wildman–Crippen LogP) is 1.22. The Bertz CT molecular complexity index is 723. The number of carboxylic acid groups (broad SMARTS) is 1. The fraction of sp³-hybridized carbons (Fsp3) is 0.526. The lowest BCUT2D eigenvalue weighted by Gasteiger charge is -2.30. The molecule has 0 aliphatic heterocycles. The molecule has 1 unspecified atom stereocenters. The summed E-state index contributed by atoms with van der Waals surface area (Å²) in [6.45, 7) is 5.21. The van der Waals surface area contributed by atoms with Gasteiger partial charge in [0.1, 0.15) is 6.04 Å². The number of halogens is 1. The maximum atomic E-state index is 12.5. The minimum absolute atomic E-state index is 0.115. The quantitative estimate of drug-likeness (QED) is 0.205. The van der Waals surface area contributed by atoms with Crippen LogP contribution in [-0.4, -0.2) is 60.1 Å². The number of aliphatic hydroxyl groups is 1. The fourth-order valence-corrected chi connectivity index (χ4v) is 2.99. The molecule has 11 heteroatoms. The molecule has 6 N–H and O–H groups in total. The van der Waals surface area contributed by atoms with Crippen LogP contribution in [0.5, 0.6) is 0 Å². The van der Waals surface area contributed by atoms with Crippen molar-refractivity contribution in [2.24, 2.45) is 5.41 Å². The zero-order valence-electron chi connectivity index (χ0n) is 17.4. The van der Waals surface area contributed by atoms with Crippen LogP contribution < -0.4 is 21.5 Å². The third kappa shape index (κ3) is 9.13. The molecule has 0 saturated carbocycles. The summed E-state index contributed by atoms with van der Waals surface area (Å²) >= 11 is 2.16. The highest BCUT2D eigenvalue weighted by Crippen LogP contribution is 2.19. The van der Waals surface area contributed by atoms with Gasteiger partial charge in [0.05, 0.1) is 19.3 Å². The van der Waals surface area contributed by atoms with Crippen LogP contribution in [0.25, 0.3) is 0 Å². The van der Waals surface area contributed by atoms with E-state index in [0.29, 0.717) is 0 Å². The summed E-state index contributed by atoms with van der Waals surface area (Å²) in [4.78, 5) is 35.1.